The van der Waals surface area contributed by atoms with Crippen molar-refractivity contribution in [1.82, 2.24) is 0 Å². The molecule has 0 saturated carbocycles. The molecule has 0 bridgehead atoms. The number of methoxy groups -OCH3 is 1. The predicted molar refractivity (Wildman–Crippen MR) is 113 cm³/mol. The van der Waals surface area contributed by atoms with Crippen LogP contribution in [0, 0.1) is 0 Å². The van der Waals surface area contributed by atoms with Crippen LogP contribution in [0.25, 0.3) is 0 Å². The fourth-order valence-electron chi connectivity index (χ4n) is 2.82. The molecule has 0 aromatic heterocycles. The third-order valence-electron chi connectivity index (χ3n) is 4.29. The lowest BCUT2D eigenvalue weighted by Gasteiger charge is -2.11. The van der Waals surface area contributed by atoms with Crippen molar-refractivity contribution in [3.05, 3.63) is 90.0 Å². The van der Waals surface area contributed by atoms with Gasteiger partial charge in [-0.05, 0) is 35.4 Å². The van der Waals surface area contributed by atoms with Gasteiger partial charge >= 0.3 is 0 Å². The van der Waals surface area contributed by atoms with E-state index in [1.54, 1.807) is 7.11 Å². The minimum Gasteiger partial charge on any atom is -0.493 e. The zero-order valence-corrected chi connectivity index (χ0v) is 16.3. The Morgan fingerprint density at radius 3 is 2.21 bits per heavy atom. The van der Waals surface area contributed by atoms with Crippen LogP contribution in [0.1, 0.15) is 11.1 Å². The molecule has 0 amide bonds. The van der Waals surface area contributed by atoms with Gasteiger partial charge in [0.05, 0.1) is 13.2 Å². The Morgan fingerprint density at radius 1 is 0.679 bits per heavy atom. The summed E-state index contributed by atoms with van der Waals surface area (Å²) in [6, 6.07) is 26.5. The minimum atomic E-state index is 0.544. The molecule has 1 N–H and O–H groups in total. The molecule has 146 valence electrons. The maximum absolute atomic E-state index is 5.92. The van der Waals surface area contributed by atoms with Crippen molar-refractivity contribution >= 4 is 5.69 Å². The Bertz CT molecular complexity index is 836. The number of benzene rings is 3. The van der Waals surface area contributed by atoms with Crippen molar-refractivity contribution < 1.29 is 14.2 Å². The smallest absolute Gasteiger partial charge is 0.121 e. The van der Waals surface area contributed by atoms with Crippen LogP contribution in [0.4, 0.5) is 5.69 Å². The Morgan fingerprint density at radius 2 is 1.39 bits per heavy atom. The first-order chi connectivity index (χ1) is 13.8. The summed E-state index contributed by atoms with van der Waals surface area (Å²) in [5.74, 6) is 1.73. The SMILES string of the molecule is COCCOc1cccc(NCc2cccc(OCCc3ccccc3)c2)c1. The summed E-state index contributed by atoms with van der Waals surface area (Å²) >= 11 is 0. The molecule has 0 atom stereocenters. The van der Waals surface area contributed by atoms with Crippen LogP contribution in [0.15, 0.2) is 78.9 Å². The monoisotopic (exact) mass is 377 g/mol. The molecule has 0 heterocycles. The third kappa shape index (κ3) is 6.63. The Hall–Kier alpha value is -2.98. The van der Waals surface area contributed by atoms with E-state index in [1.165, 1.54) is 11.1 Å². The van der Waals surface area contributed by atoms with E-state index in [0.717, 1.165) is 30.2 Å². The maximum atomic E-state index is 5.92. The molecule has 4 heteroatoms. The van der Waals surface area contributed by atoms with E-state index in [4.69, 9.17) is 14.2 Å². The standard InChI is InChI=1S/C24H27NO3/c1-26-15-16-28-24-12-6-10-22(18-24)25-19-21-9-5-11-23(17-21)27-14-13-20-7-3-2-4-8-20/h2-12,17-18,25H,13-16,19H2,1H3. The van der Waals surface area contributed by atoms with Crippen molar-refractivity contribution in [3.63, 3.8) is 0 Å². The van der Waals surface area contributed by atoms with Gasteiger partial charge in [-0.25, -0.2) is 0 Å². The molecule has 0 saturated heterocycles. The summed E-state index contributed by atoms with van der Waals surface area (Å²) in [5.41, 5.74) is 3.47. The minimum absolute atomic E-state index is 0.544. The van der Waals surface area contributed by atoms with E-state index >= 15 is 0 Å². The van der Waals surface area contributed by atoms with E-state index in [9.17, 15) is 0 Å². The van der Waals surface area contributed by atoms with Crippen LogP contribution >= 0.6 is 0 Å². The highest BCUT2D eigenvalue weighted by atomic mass is 16.5. The molecular weight excluding hydrogens is 350 g/mol. The highest BCUT2D eigenvalue weighted by Crippen LogP contribution is 2.19. The molecule has 0 unspecified atom stereocenters. The van der Waals surface area contributed by atoms with Gasteiger partial charge in [-0.1, -0.05) is 48.5 Å². The number of nitrogens with one attached hydrogen (secondary N) is 1. The summed E-state index contributed by atoms with van der Waals surface area (Å²) in [5, 5.41) is 3.43. The molecule has 28 heavy (non-hydrogen) atoms. The van der Waals surface area contributed by atoms with Gasteiger partial charge in [-0.2, -0.15) is 0 Å². The average molecular weight is 377 g/mol. The number of anilines is 1. The van der Waals surface area contributed by atoms with Crippen molar-refractivity contribution in [1.29, 1.82) is 0 Å². The van der Waals surface area contributed by atoms with E-state index in [2.05, 4.69) is 41.7 Å². The number of hydrogen-bond donors (Lipinski definition) is 1. The molecule has 3 aromatic rings. The third-order valence-corrected chi connectivity index (χ3v) is 4.29. The second kappa shape index (κ2) is 11.0. The molecule has 3 rings (SSSR count). The molecule has 0 spiro atoms. The van der Waals surface area contributed by atoms with E-state index < -0.39 is 0 Å². The summed E-state index contributed by atoms with van der Waals surface area (Å²) in [7, 11) is 1.67. The zero-order valence-electron chi connectivity index (χ0n) is 16.3. The van der Waals surface area contributed by atoms with E-state index in [1.807, 2.05) is 42.5 Å². The Kier molecular flexibility index (Phi) is 7.77. The van der Waals surface area contributed by atoms with Crippen LogP contribution in [-0.4, -0.2) is 26.9 Å². The Labute approximate surface area is 167 Å². The first kappa shape index (κ1) is 19.8. The molecule has 3 aromatic carbocycles. The van der Waals surface area contributed by atoms with Gasteiger partial charge in [0, 0.05) is 31.8 Å². The fraction of sp³-hybridized carbons (Fsp3) is 0.250. The van der Waals surface area contributed by atoms with Gasteiger partial charge in [-0.15, -0.1) is 0 Å². The van der Waals surface area contributed by atoms with Crippen molar-refractivity contribution in [2.24, 2.45) is 0 Å². The summed E-state index contributed by atoms with van der Waals surface area (Å²) in [6.07, 6.45) is 0.902. The van der Waals surface area contributed by atoms with Gasteiger partial charge in [0.25, 0.3) is 0 Å². The second-order valence-corrected chi connectivity index (χ2v) is 6.45. The normalized spacial score (nSPS) is 10.5. The molecule has 0 aliphatic carbocycles. The quantitative estimate of drug-likeness (QED) is 0.480. The van der Waals surface area contributed by atoms with Crippen LogP contribution in [0.3, 0.4) is 0 Å². The predicted octanol–water partition coefficient (Wildman–Crippen LogP) is 4.95. The number of ether oxygens (including phenoxy) is 3. The first-order valence-electron chi connectivity index (χ1n) is 9.55. The maximum Gasteiger partial charge on any atom is 0.121 e. The van der Waals surface area contributed by atoms with Gasteiger partial charge < -0.3 is 19.5 Å². The highest BCUT2D eigenvalue weighted by molar-refractivity contribution is 5.48. The average Bonchev–Trinajstić information content (AvgIpc) is 2.74. The largest absolute Gasteiger partial charge is 0.493 e. The second-order valence-electron chi connectivity index (χ2n) is 6.45. The molecule has 0 fully saturated rings. The van der Waals surface area contributed by atoms with Gasteiger partial charge in [0.2, 0.25) is 0 Å². The fourth-order valence-corrected chi connectivity index (χ4v) is 2.82. The van der Waals surface area contributed by atoms with Crippen molar-refractivity contribution in [3.8, 4) is 11.5 Å². The topological polar surface area (TPSA) is 39.7 Å². The van der Waals surface area contributed by atoms with Crippen molar-refractivity contribution in [2.75, 3.05) is 32.2 Å². The summed E-state index contributed by atoms with van der Waals surface area (Å²) < 4.78 is 16.6. The number of hydrogen-bond acceptors (Lipinski definition) is 4. The van der Waals surface area contributed by atoms with Crippen LogP contribution < -0.4 is 14.8 Å². The highest BCUT2D eigenvalue weighted by Gasteiger charge is 2.01. The molecule has 4 nitrogen and oxygen atoms in total. The van der Waals surface area contributed by atoms with E-state index in [0.29, 0.717) is 19.8 Å². The van der Waals surface area contributed by atoms with Gasteiger partial charge in [0.1, 0.15) is 18.1 Å². The molecular formula is C24H27NO3. The van der Waals surface area contributed by atoms with Crippen molar-refractivity contribution in [2.45, 2.75) is 13.0 Å². The van der Waals surface area contributed by atoms with Crippen LogP contribution in [0.5, 0.6) is 11.5 Å². The first-order valence-corrected chi connectivity index (χ1v) is 9.55. The van der Waals surface area contributed by atoms with Crippen LogP contribution in [-0.2, 0) is 17.7 Å². The summed E-state index contributed by atoms with van der Waals surface area (Å²) in [4.78, 5) is 0. The lowest BCUT2D eigenvalue weighted by molar-refractivity contribution is 0.146. The zero-order chi connectivity index (χ0) is 19.4. The number of rotatable bonds is 11. The lowest BCUT2D eigenvalue weighted by atomic mass is 10.2. The lowest BCUT2D eigenvalue weighted by Crippen LogP contribution is -2.05. The molecule has 0 aliphatic heterocycles. The van der Waals surface area contributed by atoms with E-state index in [-0.39, 0.29) is 0 Å². The van der Waals surface area contributed by atoms with Crippen LogP contribution in [0.2, 0.25) is 0 Å². The molecule has 0 aliphatic rings. The Balaban J connectivity index is 1.48. The van der Waals surface area contributed by atoms with Gasteiger partial charge in [0.15, 0.2) is 0 Å². The summed E-state index contributed by atoms with van der Waals surface area (Å²) in [6.45, 7) is 2.51. The molecule has 0 radical (unpaired) electrons. The van der Waals surface area contributed by atoms with Gasteiger partial charge in [-0.3, -0.25) is 0 Å².